The number of nitrogens with zero attached hydrogens (tertiary/aromatic N) is 3. The van der Waals surface area contributed by atoms with Crippen LogP contribution < -0.4 is 5.32 Å². The predicted octanol–water partition coefficient (Wildman–Crippen LogP) is 5.05. The van der Waals surface area contributed by atoms with Crippen molar-refractivity contribution in [3.63, 3.8) is 0 Å². The summed E-state index contributed by atoms with van der Waals surface area (Å²) in [7, 11) is 0. The summed E-state index contributed by atoms with van der Waals surface area (Å²) in [5.74, 6) is 0.779. The Morgan fingerprint density at radius 1 is 1.14 bits per heavy atom. The molecule has 0 saturated heterocycles. The third-order valence-corrected chi connectivity index (χ3v) is 8.16. The van der Waals surface area contributed by atoms with Gasteiger partial charge in [-0.15, -0.1) is 11.3 Å². The summed E-state index contributed by atoms with van der Waals surface area (Å²) >= 11 is 1.58. The third kappa shape index (κ3) is 8.27. The van der Waals surface area contributed by atoms with E-state index in [9.17, 15) is 18.0 Å². The van der Waals surface area contributed by atoms with Crippen molar-refractivity contribution in [1.82, 2.24) is 20.2 Å². The third-order valence-electron chi connectivity index (χ3n) is 7.25. The van der Waals surface area contributed by atoms with Gasteiger partial charge in [-0.25, -0.2) is 4.98 Å². The number of carbonyl (C=O) groups excluding carboxylic acids is 1. The van der Waals surface area contributed by atoms with Gasteiger partial charge in [0.25, 0.3) is 0 Å². The number of nitrogens with one attached hydrogen (secondary N) is 1. The molecule has 1 amide bonds. The van der Waals surface area contributed by atoms with Gasteiger partial charge in [-0.1, -0.05) is 6.07 Å². The molecular weight excluding hydrogens is 473 g/mol. The number of alkyl halides is 3. The number of pyridine rings is 1. The molecule has 1 fully saturated rings. The predicted molar refractivity (Wildman–Crippen MR) is 132 cm³/mol. The summed E-state index contributed by atoms with van der Waals surface area (Å²) < 4.78 is 37.6. The first-order valence-corrected chi connectivity index (χ1v) is 13.5. The summed E-state index contributed by atoms with van der Waals surface area (Å²) in [5, 5.41) is 4.19. The molecule has 5 nitrogen and oxygen atoms in total. The van der Waals surface area contributed by atoms with E-state index in [4.69, 9.17) is 0 Å². The molecule has 1 saturated carbocycles. The highest BCUT2D eigenvalue weighted by Gasteiger charge is 2.27. The molecule has 2 aromatic heterocycles. The second kappa shape index (κ2) is 11.8. The molecule has 0 radical (unpaired) electrons. The van der Waals surface area contributed by atoms with Gasteiger partial charge in [-0.2, -0.15) is 13.2 Å². The van der Waals surface area contributed by atoms with E-state index in [2.05, 4.69) is 20.2 Å². The average Bonchev–Trinajstić information content (AvgIpc) is 3.10. The Morgan fingerprint density at radius 2 is 1.91 bits per heavy atom. The Balaban J connectivity index is 1.16. The number of aryl methyl sites for hydroxylation is 2. The van der Waals surface area contributed by atoms with Crippen LogP contribution in [0.25, 0.3) is 0 Å². The van der Waals surface area contributed by atoms with Crippen LogP contribution in [0.5, 0.6) is 0 Å². The van der Waals surface area contributed by atoms with Crippen molar-refractivity contribution in [2.75, 3.05) is 19.6 Å². The Hall–Kier alpha value is -2.00. The van der Waals surface area contributed by atoms with Gasteiger partial charge in [-0.05, 0) is 75.5 Å². The fourth-order valence-electron chi connectivity index (χ4n) is 5.22. The van der Waals surface area contributed by atoms with E-state index >= 15 is 0 Å². The number of thiazole rings is 1. The van der Waals surface area contributed by atoms with Gasteiger partial charge in [0.05, 0.1) is 11.4 Å². The Kier molecular flexibility index (Phi) is 8.81. The number of carbonyl (C=O) groups is 1. The molecule has 9 heteroatoms. The number of fused-ring (bicyclic) bond motifs is 1. The average molecular weight is 509 g/mol. The molecule has 0 atom stereocenters. The van der Waals surface area contributed by atoms with Crippen LogP contribution in [0.15, 0.2) is 18.5 Å². The highest BCUT2D eigenvalue weighted by molar-refractivity contribution is 7.11. The number of aromatic nitrogens is 2. The number of amides is 1. The van der Waals surface area contributed by atoms with E-state index in [-0.39, 0.29) is 18.4 Å². The Bertz CT molecular complexity index is 985. The van der Waals surface area contributed by atoms with Crippen LogP contribution in [0.4, 0.5) is 13.2 Å². The van der Waals surface area contributed by atoms with Crippen LogP contribution in [0.3, 0.4) is 0 Å². The number of rotatable bonds is 8. The summed E-state index contributed by atoms with van der Waals surface area (Å²) in [4.78, 5) is 24.5. The van der Waals surface area contributed by atoms with Crippen molar-refractivity contribution in [3.8, 4) is 0 Å². The van der Waals surface area contributed by atoms with Crippen LogP contribution >= 0.6 is 11.3 Å². The lowest BCUT2D eigenvalue weighted by Gasteiger charge is -2.30. The summed E-state index contributed by atoms with van der Waals surface area (Å²) in [6.07, 6.45) is 6.12. The second-order valence-electron chi connectivity index (χ2n) is 10.0. The van der Waals surface area contributed by atoms with Gasteiger partial charge in [0.1, 0.15) is 0 Å². The van der Waals surface area contributed by atoms with E-state index in [1.54, 1.807) is 23.7 Å². The van der Waals surface area contributed by atoms with E-state index in [1.807, 2.05) is 13.0 Å². The van der Waals surface area contributed by atoms with Gasteiger partial charge in [0, 0.05) is 54.9 Å². The minimum absolute atomic E-state index is 0.00152. The fourth-order valence-corrected chi connectivity index (χ4v) is 6.01. The SMILES string of the molecule is Cc1ncc(CC(=O)N[C@H]2CC[C@H](CCN3CCc4cc(CCC(F)(F)F)cnc4CC3)CC2)s1. The van der Waals surface area contributed by atoms with Crippen molar-refractivity contribution in [2.24, 2.45) is 5.92 Å². The number of halogens is 3. The normalized spacial score (nSPS) is 21.4. The van der Waals surface area contributed by atoms with E-state index in [0.29, 0.717) is 17.9 Å². The van der Waals surface area contributed by atoms with Gasteiger partial charge in [-0.3, -0.25) is 9.78 Å². The minimum Gasteiger partial charge on any atom is -0.353 e. The van der Waals surface area contributed by atoms with Crippen molar-refractivity contribution < 1.29 is 18.0 Å². The quantitative estimate of drug-likeness (QED) is 0.542. The zero-order valence-electron chi connectivity index (χ0n) is 20.4. The maximum Gasteiger partial charge on any atom is 0.389 e. The van der Waals surface area contributed by atoms with Crippen LogP contribution in [-0.4, -0.2) is 52.6 Å². The highest BCUT2D eigenvalue weighted by atomic mass is 32.1. The largest absolute Gasteiger partial charge is 0.389 e. The van der Waals surface area contributed by atoms with E-state index in [0.717, 1.165) is 85.7 Å². The lowest BCUT2D eigenvalue weighted by molar-refractivity contribution is -0.134. The summed E-state index contributed by atoms with van der Waals surface area (Å²) in [6, 6.07) is 2.21. The molecule has 0 unspecified atom stereocenters. The van der Waals surface area contributed by atoms with Crippen molar-refractivity contribution in [3.05, 3.63) is 45.2 Å². The van der Waals surface area contributed by atoms with Crippen LogP contribution in [-0.2, 0) is 30.5 Å². The number of hydrogen-bond donors (Lipinski definition) is 1. The first-order chi connectivity index (χ1) is 16.7. The molecule has 0 spiro atoms. The highest BCUT2D eigenvalue weighted by Crippen LogP contribution is 2.28. The summed E-state index contributed by atoms with van der Waals surface area (Å²) in [6.45, 7) is 4.87. The Morgan fingerprint density at radius 3 is 2.63 bits per heavy atom. The smallest absolute Gasteiger partial charge is 0.353 e. The van der Waals surface area contributed by atoms with Crippen LogP contribution in [0, 0.1) is 12.8 Å². The second-order valence-corrected chi connectivity index (χ2v) is 11.3. The molecule has 192 valence electrons. The molecule has 2 aliphatic rings. The lowest BCUT2D eigenvalue weighted by Crippen LogP contribution is -2.38. The standard InChI is InChI=1S/C26H35F3N4OS/c1-18-30-17-23(35-18)15-25(34)32-22-4-2-19(3-5-22)7-11-33-12-8-21-14-20(6-10-26(27,28)29)16-31-24(21)9-13-33/h14,16-17,19,22H,2-13,15H2,1H3,(H,32,34)/t19-,22-. The van der Waals surface area contributed by atoms with Crippen LogP contribution in [0.1, 0.15) is 65.2 Å². The molecule has 0 aromatic carbocycles. The van der Waals surface area contributed by atoms with Gasteiger partial charge < -0.3 is 10.2 Å². The molecule has 1 aliphatic heterocycles. The van der Waals surface area contributed by atoms with Crippen molar-refractivity contribution >= 4 is 17.2 Å². The molecule has 3 heterocycles. The maximum absolute atomic E-state index is 12.5. The minimum atomic E-state index is -4.13. The van der Waals surface area contributed by atoms with Gasteiger partial charge in [0.15, 0.2) is 0 Å². The molecule has 2 aromatic rings. The van der Waals surface area contributed by atoms with Crippen molar-refractivity contribution in [2.45, 2.75) is 83.4 Å². The molecule has 1 aliphatic carbocycles. The maximum atomic E-state index is 12.5. The van der Waals surface area contributed by atoms with Crippen LogP contribution in [0.2, 0.25) is 0 Å². The first kappa shape index (κ1) is 26.1. The molecule has 4 rings (SSSR count). The number of hydrogen-bond acceptors (Lipinski definition) is 5. The van der Waals surface area contributed by atoms with Gasteiger partial charge >= 0.3 is 6.18 Å². The van der Waals surface area contributed by atoms with Crippen molar-refractivity contribution in [1.29, 1.82) is 0 Å². The van der Waals surface area contributed by atoms with E-state index < -0.39 is 12.6 Å². The molecule has 0 bridgehead atoms. The summed E-state index contributed by atoms with van der Waals surface area (Å²) in [5.41, 5.74) is 2.82. The lowest BCUT2D eigenvalue weighted by atomic mass is 9.84. The molecule has 35 heavy (non-hydrogen) atoms. The fraction of sp³-hybridized carbons (Fsp3) is 0.654. The zero-order chi connectivity index (χ0) is 24.8. The van der Waals surface area contributed by atoms with E-state index in [1.165, 1.54) is 0 Å². The molecule has 1 N–H and O–H groups in total. The Labute approximate surface area is 209 Å². The molecular formula is C26H35F3N4OS. The monoisotopic (exact) mass is 508 g/mol. The topological polar surface area (TPSA) is 58.1 Å². The van der Waals surface area contributed by atoms with Gasteiger partial charge in [0.2, 0.25) is 5.91 Å². The first-order valence-electron chi connectivity index (χ1n) is 12.7. The zero-order valence-corrected chi connectivity index (χ0v) is 21.2.